The highest BCUT2D eigenvalue weighted by Gasteiger charge is 2.14. The molecule has 0 aromatic heterocycles. The Balaban J connectivity index is 2.10. The summed E-state index contributed by atoms with van der Waals surface area (Å²) in [6, 6.07) is 5.43. The highest BCUT2D eigenvalue weighted by molar-refractivity contribution is 6.33. The van der Waals surface area contributed by atoms with Crippen molar-refractivity contribution in [1.82, 2.24) is 0 Å². The Kier molecular flexibility index (Phi) is 4.49. The number of hydrogen-bond donors (Lipinski definition) is 1. The van der Waals surface area contributed by atoms with Gasteiger partial charge in [-0.1, -0.05) is 34.9 Å². The third kappa shape index (κ3) is 3.48. The van der Waals surface area contributed by atoms with E-state index in [1.54, 1.807) is 6.07 Å². The van der Waals surface area contributed by atoms with Crippen LogP contribution in [0.15, 0.2) is 29.8 Å². The molecule has 17 heavy (non-hydrogen) atoms. The largest absolute Gasteiger partial charge is 0.324 e. The van der Waals surface area contributed by atoms with Gasteiger partial charge in [0.2, 0.25) is 0 Å². The van der Waals surface area contributed by atoms with Crippen molar-refractivity contribution in [3.8, 4) is 0 Å². The fourth-order valence-electron chi connectivity index (χ4n) is 2.28. The summed E-state index contributed by atoms with van der Waals surface area (Å²) in [7, 11) is 0. The smallest absolute Gasteiger partial charge is 0.0454 e. The molecule has 1 aliphatic carbocycles. The van der Waals surface area contributed by atoms with Gasteiger partial charge in [-0.05, 0) is 55.9 Å². The Labute approximate surface area is 113 Å². The van der Waals surface area contributed by atoms with Crippen LogP contribution in [0.4, 0.5) is 0 Å². The van der Waals surface area contributed by atoms with Gasteiger partial charge in [0.05, 0.1) is 0 Å². The van der Waals surface area contributed by atoms with E-state index >= 15 is 0 Å². The van der Waals surface area contributed by atoms with Gasteiger partial charge in [0.1, 0.15) is 0 Å². The highest BCUT2D eigenvalue weighted by atomic mass is 35.5. The van der Waals surface area contributed by atoms with Crippen molar-refractivity contribution < 1.29 is 0 Å². The minimum atomic E-state index is -0.0504. The third-order valence-electron chi connectivity index (χ3n) is 3.22. The topological polar surface area (TPSA) is 26.0 Å². The summed E-state index contributed by atoms with van der Waals surface area (Å²) in [5, 5.41) is 1.40. The van der Waals surface area contributed by atoms with E-state index in [1.165, 1.54) is 31.3 Å². The molecule has 92 valence electrons. The third-order valence-corrected chi connectivity index (χ3v) is 3.80. The first-order chi connectivity index (χ1) is 8.16. The van der Waals surface area contributed by atoms with Crippen molar-refractivity contribution in [2.75, 3.05) is 0 Å². The van der Waals surface area contributed by atoms with Crippen molar-refractivity contribution in [1.29, 1.82) is 0 Å². The first kappa shape index (κ1) is 12.9. The van der Waals surface area contributed by atoms with E-state index in [0.717, 1.165) is 12.0 Å². The molecule has 0 fully saturated rings. The molecule has 1 aliphatic rings. The second-order valence-corrected chi connectivity index (χ2v) is 5.43. The highest BCUT2D eigenvalue weighted by Crippen LogP contribution is 2.31. The normalized spacial score (nSPS) is 17.7. The molecule has 3 heteroatoms. The molecular formula is C14H17Cl2N. The fourth-order valence-corrected chi connectivity index (χ4v) is 2.72. The van der Waals surface area contributed by atoms with E-state index in [1.807, 2.05) is 12.1 Å². The van der Waals surface area contributed by atoms with E-state index in [2.05, 4.69) is 6.08 Å². The second kappa shape index (κ2) is 5.90. The van der Waals surface area contributed by atoms with Crippen LogP contribution in [-0.4, -0.2) is 0 Å². The van der Waals surface area contributed by atoms with Gasteiger partial charge in [-0.15, -0.1) is 0 Å². The lowest BCUT2D eigenvalue weighted by Crippen LogP contribution is -2.12. The predicted molar refractivity (Wildman–Crippen MR) is 74.6 cm³/mol. The Morgan fingerprint density at radius 2 is 2.06 bits per heavy atom. The zero-order chi connectivity index (χ0) is 12.3. The van der Waals surface area contributed by atoms with Crippen molar-refractivity contribution in [2.24, 2.45) is 5.73 Å². The fraction of sp³-hybridized carbons (Fsp3) is 0.429. The van der Waals surface area contributed by atoms with Gasteiger partial charge in [0.25, 0.3) is 0 Å². The maximum absolute atomic E-state index is 6.21. The zero-order valence-electron chi connectivity index (χ0n) is 9.76. The summed E-state index contributed by atoms with van der Waals surface area (Å²) in [5.74, 6) is 0. The molecule has 1 unspecified atom stereocenters. The van der Waals surface area contributed by atoms with Gasteiger partial charge >= 0.3 is 0 Å². The maximum atomic E-state index is 6.21. The molecule has 1 nitrogen and oxygen atoms in total. The Morgan fingerprint density at radius 1 is 1.24 bits per heavy atom. The number of nitrogens with two attached hydrogens (primary N) is 1. The standard InChI is InChI=1S/C14H17Cl2N/c15-11-6-7-13(16)12(9-11)14(17)8-10-4-2-1-3-5-10/h4,6-7,9,14H,1-3,5,8,17H2. The lowest BCUT2D eigenvalue weighted by atomic mass is 9.92. The van der Waals surface area contributed by atoms with E-state index < -0.39 is 0 Å². The molecule has 1 aromatic rings. The van der Waals surface area contributed by atoms with Crippen LogP contribution in [0.3, 0.4) is 0 Å². The van der Waals surface area contributed by atoms with E-state index in [4.69, 9.17) is 28.9 Å². The van der Waals surface area contributed by atoms with Crippen LogP contribution in [-0.2, 0) is 0 Å². The Hall–Kier alpha value is -0.500. The molecular weight excluding hydrogens is 253 g/mol. The van der Waals surface area contributed by atoms with E-state index in [9.17, 15) is 0 Å². The molecule has 0 amide bonds. The minimum Gasteiger partial charge on any atom is -0.324 e. The van der Waals surface area contributed by atoms with Crippen molar-refractivity contribution in [3.05, 3.63) is 45.5 Å². The summed E-state index contributed by atoms with van der Waals surface area (Å²) in [6.45, 7) is 0. The van der Waals surface area contributed by atoms with Gasteiger partial charge in [-0.2, -0.15) is 0 Å². The van der Waals surface area contributed by atoms with Gasteiger partial charge in [-0.25, -0.2) is 0 Å². The quantitative estimate of drug-likeness (QED) is 0.778. The first-order valence-corrected chi connectivity index (χ1v) is 6.81. The predicted octanol–water partition coefficient (Wildman–Crippen LogP) is 4.88. The summed E-state index contributed by atoms with van der Waals surface area (Å²) in [4.78, 5) is 0. The maximum Gasteiger partial charge on any atom is 0.0454 e. The molecule has 2 N–H and O–H groups in total. The number of allylic oxidation sites excluding steroid dienone is 1. The van der Waals surface area contributed by atoms with Crippen LogP contribution in [0.1, 0.15) is 43.7 Å². The van der Waals surface area contributed by atoms with Crippen LogP contribution >= 0.6 is 23.2 Å². The molecule has 0 radical (unpaired) electrons. The number of rotatable bonds is 3. The van der Waals surface area contributed by atoms with Gasteiger partial charge < -0.3 is 5.73 Å². The summed E-state index contributed by atoms with van der Waals surface area (Å²) in [5.41, 5.74) is 8.62. The van der Waals surface area contributed by atoms with Crippen molar-refractivity contribution >= 4 is 23.2 Å². The van der Waals surface area contributed by atoms with Gasteiger partial charge in [-0.3, -0.25) is 0 Å². The van der Waals surface area contributed by atoms with Gasteiger partial charge in [0.15, 0.2) is 0 Å². The first-order valence-electron chi connectivity index (χ1n) is 6.05. The van der Waals surface area contributed by atoms with Crippen LogP contribution in [0.2, 0.25) is 10.0 Å². The molecule has 0 saturated heterocycles. The molecule has 1 aromatic carbocycles. The lowest BCUT2D eigenvalue weighted by molar-refractivity contribution is 0.628. The Bertz CT molecular complexity index is 426. The van der Waals surface area contributed by atoms with Crippen LogP contribution in [0, 0.1) is 0 Å². The molecule has 0 bridgehead atoms. The SMILES string of the molecule is NC(CC1=CCCCC1)c1cc(Cl)ccc1Cl. The molecule has 0 heterocycles. The molecule has 0 aliphatic heterocycles. The molecule has 0 spiro atoms. The monoisotopic (exact) mass is 269 g/mol. The minimum absolute atomic E-state index is 0.0504. The van der Waals surface area contributed by atoms with E-state index in [0.29, 0.717) is 10.0 Å². The van der Waals surface area contributed by atoms with Crippen LogP contribution in [0.5, 0.6) is 0 Å². The number of hydrogen-bond acceptors (Lipinski definition) is 1. The summed E-state index contributed by atoms with van der Waals surface area (Å²) >= 11 is 12.1. The zero-order valence-corrected chi connectivity index (χ0v) is 11.3. The van der Waals surface area contributed by atoms with Crippen molar-refractivity contribution in [2.45, 2.75) is 38.1 Å². The summed E-state index contributed by atoms with van der Waals surface area (Å²) in [6.07, 6.45) is 8.15. The molecule has 2 rings (SSSR count). The van der Waals surface area contributed by atoms with Crippen molar-refractivity contribution in [3.63, 3.8) is 0 Å². The van der Waals surface area contributed by atoms with E-state index in [-0.39, 0.29) is 6.04 Å². The Morgan fingerprint density at radius 3 is 2.76 bits per heavy atom. The lowest BCUT2D eigenvalue weighted by Gasteiger charge is -2.18. The average molecular weight is 270 g/mol. The van der Waals surface area contributed by atoms with Gasteiger partial charge in [0, 0.05) is 16.1 Å². The summed E-state index contributed by atoms with van der Waals surface area (Å²) < 4.78 is 0. The van der Waals surface area contributed by atoms with Crippen LogP contribution in [0.25, 0.3) is 0 Å². The van der Waals surface area contributed by atoms with Crippen LogP contribution < -0.4 is 5.73 Å². The average Bonchev–Trinajstić information content (AvgIpc) is 2.33. The second-order valence-electron chi connectivity index (χ2n) is 4.58. The molecule has 1 atom stereocenters. The number of halogens is 2. The number of benzene rings is 1. The molecule has 0 saturated carbocycles.